The van der Waals surface area contributed by atoms with Crippen molar-refractivity contribution in [3.05, 3.63) is 40.7 Å². The van der Waals surface area contributed by atoms with Gasteiger partial charge in [-0.25, -0.2) is 4.98 Å². The number of aromatic amines is 1. The Kier molecular flexibility index (Phi) is 4.52. The molecule has 1 aromatic carbocycles. The molecule has 6 heteroatoms. The number of hydrogen-bond acceptors (Lipinski definition) is 3. The number of nitrogens with zero attached hydrogens (tertiary/aromatic N) is 3. The van der Waals surface area contributed by atoms with E-state index in [4.69, 9.17) is 16.6 Å². The molecule has 1 N–H and O–H groups in total. The fourth-order valence-corrected chi connectivity index (χ4v) is 3.95. The van der Waals surface area contributed by atoms with E-state index in [1.807, 2.05) is 29.2 Å². The molecule has 4 rings (SSSR count). The molecular weight excluding hydrogens is 336 g/mol. The predicted molar refractivity (Wildman–Crippen MR) is 98.4 cm³/mol. The second-order valence-corrected chi connectivity index (χ2v) is 7.46. The molecule has 1 aromatic heterocycles. The fourth-order valence-electron chi connectivity index (χ4n) is 3.82. The van der Waals surface area contributed by atoms with Gasteiger partial charge >= 0.3 is 0 Å². The number of likely N-dealkylation sites (N-methyl/N-ethyl adjacent to an activating group) is 1. The van der Waals surface area contributed by atoms with Gasteiger partial charge in [-0.1, -0.05) is 18.0 Å². The number of halogens is 1. The second kappa shape index (κ2) is 6.81. The van der Waals surface area contributed by atoms with Crippen molar-refractivity contribution in [1.29, 1.82) is 0 Å². The van der Waals surface area contributed by atoms with Gasteiger partial charge in [-0.15, -0.1) is 0 Å². The van der Waals surface area contributed by atoms with Crippen molar-refractivity contribution < 1.29 is 4.79 Å². The van der Waals surface area contributed by atoms with Crippen LogP contribution in [-0.2, 0) is 17.8 Å². The highest BCUT2D eigenvalue weighted by Gasteiger charge is 2.32. The Morgan fingerprint density at radius 2 is 2.04 bits per heavy atom. The first-order valence-corrected chi connectivity index (χ1v) is 9.32. The number of amides is 1. The van der Waals surface area contributed by atoms with Crippen LogP contribution in [0.4, 0.5) is 0 Å². The number of fused-ring (bicyclic) bond motifs is 1. The molecule has 0 saturated carbocycles. The van der Waals surface area contributed by atoms with Gasteiger partial charge < -0.3 is 9.88 Å². The summed E-state index contributed by atoms with van der Waals surface area (Å²) in [5.41, 5.74) is 3.15. The maximum Gasteiger partial charge on any atom is 0.240 e. The molecule has 2 aliphatic heterocycles. The Morgan fingerprint density at radius 1 is 1.24 bits per heavy atom. The van der Waals surface area contributed by atoms with Crippen LogP contribution in [0.3, 0.4) is 0 Å². The lowest BCUT2D eigenvalue weighted by atomic mass is 10.0. The van der Waals surface area contributed by atoms with Gasteiger partial charge in [0.2, 0.25) is 5.91 Å². The van der Waals surface area contributed by atoms with Crippen molar-refractivity contribution in [2.75, 3.05) is 20.1 Å². The molecule has 1 fully saturated rings. The van der Waals surface area contributed by atoms with E-state index in [-0.39, 0.29) is 11.9 Å². The molecule has 3 heterocycles. The summed E-state index contributed by atoms with van der Waals surface area (Å²) in [7, 11) is 2.06. The number of piperidine rings is 1. The predicted octanol–water partition coefficient (Wildman–Crippen LogP) is 3.10. The number of carbonyl (C=O) groups excluding carboxylic acids is 1. The fraction of sp³-hybridized carbons (Fsp3) is 0.474. The van der Waals surface area contributed by atoms with Gasteiger partial charge in [0.05, 0.1) is 24.0 Å². The van der Waals surface area contributed by atoms with Gasteiger partial charge in [0.1, 0.15) is 5.82 Å². The lowest BCUT2D eigenvalue weighted by Gasteiger charge is -2.36. The van der Waals surface area contributed by atoms with Crippen LogP contribution in [0.2, 0.25) is 5.02 Å². The average molecular weight is 359 g/mol. The lowest BCUT2D eigenvalue weighted by Crippen LogP contribution is -2.50. The summed E-state index contributed by atoms with van der Waals surface area (Å²) in [6, 6.07) is 7.70. The van der Waals surface area contributed by atoms with Crippen molar-refractivity contribution in [3.8, 4) is 11.4 Å². The summed E-state index contributed by atoms with van der Waals surface area (Å²) in [5.74, 6) is 1.11. The largest absolute Gasteiger partial charge is 0.340 e. The SMILES string of the molecule is CN1CCCC[C@@H]1C(=O)N1CCc2nc(-c3ccc(Cl)cc3)[nH]c2C1. The van der Waals surface area contributed by atoms with Gasteiger partial charge in [0.25, 0.3) is 0 Å². The Morgan fingerprint density at radius 3 is 2.80 bits per heavy atom. The van der Waals surface area contributed by atoms with Gasteiger partial charge in [-0.3, -0.25) is 9.69 Å². The molecule has 0 bridgehead atoms. The number of imidazole rings is 1. The molecule has 0 radical (unpaired) electrons. The molecule has 2 aromatic rings. The van der Waals surface area contributed by atoms with Crippen LogP contribution in [0, 0.1) is 0 Å². The topological polar surface area (TPSA) is 52.2 Å². The molecule has 2 aliphatic rings. The van der Waals surface area contributed by atoms with Crippen LogP contribution in [0.25, 0.3) is 11.4 Å². The molecule has 0 aliphatic carbocycles. The Hall–Kier alpha value is -1.85. The molecule has 132 valence electrons. The third kappa shape index (κ3) is 3.31. The third-order valence-corrected chi connectivity index (χ3v) is 5.57. The number of hydrogen-bond donors (Lipinski definition) is 1. The summed E-state index contributed by atoms with van der Waals surface area (Å²) in [5, 5.41) is 0.716. The number of carbonyl (C=O) groups is 1. The Balaban J connectivity index is 1.51. The Labute approximate surface area is 153 Å². The van der Waals surface area contributed by atoms with Crippen molar-refractivity contribution >= 4 is 17.5 Å². The van der Waals surface area contributed by atoms with Crippen LogP contribution in [0.1, 0.15) is 30.7 Å². The van der Waals surface area contributed by atoms with E-state index >= 15 is 0 Å². The minimum atomic E-state index is 0.0361. The molecular formula is C19H23ClN4O. The first-order valence-electron chi connectivity index (χ1n) is 8.94. The smallest absolute Gasteiger partial charge is 0.240 e. The van der Waals surface area contributed by atoms with Crippen molar-refractivity contribution in [1.82, 2.24) is 19.8 Å². The van der Waals surface area contributed by atoms with Crippen molar-refractivity contribution in [3.63, 3.8) is 0 Å². The monoisotopic (exact) mass is 358 g/mol. The van der Waals surface area contributed by atoms with Gasteiger partial charge in [0.15, 0.2) is 0 Å². The molecule has 0 spiro atoms. The molecule has 25 heavy (non-hydrogen) atoms. The van der Waals surface area contributed by atoms with Crippen LogP contribution in [-0.4, -0.2) is 51.9 Å². The summed E-state index contributed by atoms with van der Waals surface area (Å²) < 4.78 is 0. The van der Waals surface area contributed by atoms with E-state index in [2.05, 4.69) is 16.9 Å². The number of rotatable bonds is 2. The summed E-state index contributed by atoms with van der Waals surface area (Å²) in [4.78, 5) is 25.2. The van der Waals surface area contributed by atoms with Crippen LogP contribution < -0.4 is 0 Å². The zero-order valence-corrected chi connectivity index (χ0v) is 15.2. The molecule has 1 saturated heterocycles. The highest BCUT2D eigenvalue weighted by atomic mass is 35.5. The number of H-pyrrole nitrogens is 1. The van der Waals surface area contributed by atoms with Crippen LogP contribution in [0.5, 0.6) is 0 Å². The van der Waals surface area contributed by atoms with E-state index in [0.717, 1.165) is 55.1 Å². The highest BCUT2D eigenvalue weighted by molar-refractivity contribution is 6.30. The highest BCUT2D eigenvalue weighted by Crippen LogP contribution is 2.25. The lowest BCUT2D eigenvalue weighted by molar-refractivity contribution is -0.138. The van der Waals surface area contributed by atoms with Crippen LogP contribution >= 0.6 is 11.6 Å². The third-order valence-electron chi connectivity index (χ3n) is 5.32. The molecule has 1 atom stereocenters. The van der Waals surface area contributed by atoms with Crippen molar-refractivity contribution in [2.24, 2.45) is 0 Å². The van der Waals surface area contributed by atoms with Gasteiger partial charge in [-0.05, 0) is 50.7 Å². The summed E-state index contributed by atoms with van der Waals surface area (Å²) in [6.45, 7) is 2.39. The number of aromatic nitrogens is 2. The van der Waals surface area contributed by atoms with Gasteiger partial charge in [0, 0.05) is 23.6 Å². The first kappa shape index (κ1) is 16.6. The van der Waals surface area contributed by atoms with Gasteiger partial charge in [-0.2, -0.15) is 0 Å². The maximum absolute atomic E-state index is 12.9. The average Bonchev–Trinajstić information content (AvgIpc) is 3.05. The van der Waals surface area contributed by atoms with Crippen LogP contribution in [0.15, 0.2) is 24.3 Å². The maximum atomic E-state index is 12.9. The zero-order chi connectivity index (χ0) is 17.4. The molecule has 5 nitrogen and oxygen atoms in total. The minimum absolute atomic E-state index is 0.0361. The molecule has 1 amide bonds. The second-order valence-electron chi connectivity index (χ2n) is 7.02. The van der Waals surface area contributed by atoms with E-state index in [0.29, 0.717) is 11.6 Å². The zero-order valence-electron chi connectivity index (χ0n) is 14.5. The normalized spacial score (nSPS) is 21.2. The number of benzene rings is 1. The van der Waals surface area contributed by atoms with E-state index in [9.17, 15) is 4.79 Å². The molecule has 0 unspecified atom stereocenters. The summed E-state index contributed by atoms with van der Waals surface area (Å²) >= 11 is 5.96. The summed E-state index contributed by atoms with van der Waals surface area (Å²) in [6.07, 6.45) is 4.11. The quantitative estimate of drug-likeness (QED) is 0.897. The number of nitrogens with one attached hydrogen (secondary N) is 1. The Bertz CT molecular complexity index is 770. The van der Waals surface area contributed by atoms with E-state index < -0.39 is 0 Å². The van der Waals surface area contributed by atoms with E-state index in [1.165, 1.54) is 6.42 Å². The van der Waals surface area contributed by atoms with Crippen molar-refractivity contribution in [2.45, 2.75) is 38.3 Å². The van der Waals surface area contributed by atoms with E-state index in [1.54, 1.807) is 0 Å². The minimum Gasteiger partial charge on any atom is -0.340 e. The first-order chi connectivity index (χ1) is 12.1. The standard InChI is InChI=1S/C19H23ClN4O/c1-23-10-3-2-4-17(23)19(25)24-11-9-15-16(12-24)22-18(21-15)13-5-7-14(20)8-6-13/h5-8,17H,2-4,9-12H2,1H3,(H,21,22)/t17-/m1/s1. The number of likely N-dealkylation sites (tertiary alicyclic amines) is 1.